The van der Waals surface area contributed by atoms with Crippen LogP contribution in [0.5, 0.6) is 5.75 Å². The molecule has 1 heterocycles. The van der Waals surface area contributed by atoms with Gasteiger partial charge < -0.3 is 9.84 Å². The average Bonchev–Trinajstić information content (AvgIpc) is 2.86. The summed E-state index contributed by atoms with van der Waals surface area (Å²) in [5, 5.41) is 9.27. The first-order valence-electron chi connectivity index (χ1n) is 11.9. The number of phenols is 1. The summed E-state index contributed by atoms with van der Waals surface area (Å²) in [6, 6.07) is 10.3. The molecule has 0 bridgehead atoms. The average molecular weight is 467 g/mol. The monoisotopic (exact) mass is 466 g/mol. The van der Waals surface area contributed by atoms with Crippen LogP contribution in [0.1, 0.15) is 57.9 Å². The summed E-state index contributed by atoms with van der Waals surface area (Å²) in [4.78, 5) is 8.34. The quantitative estimate of drug-likeness (QED) is 0.280. The van der Waals surface area contributed by atoms with E-state index in [-0.39, 0.29) is 11.4 Å². The fourth-order valence-electron chi connectivity index (χ4n) is 3.58. The van der Waals surface area contributed by atoms with Crippen molar-refractivity contribution in [3.8, 4) is 28.3 Å². The number of allylic oxidation sites excluding steroid dienone is 1. The number of halogens is 2. The Kier molecular flexibility index (Phi) is 9.71. The Morgan fingerprint density at radius 2 is 1.68 bits per heavy atom. The van der Waals surface area contributed by atoms with Crippen LogP contribution < -0.4 is 0 Å². The Bertz CT molecular complexity index is 1070. The highest BCUT2D eigenvalue weighted by molar-refractivity contribution is 5.66. The Hall–Kier alpha value is -3.12. The summed E-state index contributed by atoms with van der Waals surface area (Å²) < 4.78 is 33.5. The number of phenolic OH excluding ortho intramolecular Hbond substituents is 1. The van der Waals surface area contributed by atoms with Gasteiger partial charge in [0.25, 0.3) is 0 Å². The molecule has 34 heavy (non-hydrogen) atoms. The molecule has 0 amide bonds. The SMILES string of the molecule is CCCCCOC(C)CCC/C=C/c1ccc(-c2cnc(-c3ccc(O)c(F)c3F)nc2)cc1. The second-order valence-electron chi connectivity index (χ2n) is 8.40. The largest absolute Gasteiger partial charge is 0.505 e. The molecule has 0 radical (unpaired) electrons. The summed E-state index contributed by atoms with van der Waals surface area (Å²) in [6.45, 7) is 5.20. The zero-order valence-electron chi connectivity index (χ0n) is 19.8. The van der Waals surface area contributed by atoms with Crippen LogP contribution in [0.25, 0.3) is 28.6 Å². The molecule has 1 aromatic heterocycles. The highest BCUT2D eigenvalue weighted by Gasteiger charge is 2.16. The van der Waals surface area contributed by atoms with Crippen molar-refractivity contribution < 1.29 is 18.6 Å². The molecule has 0 aliphatic heterocycles. The molecule has 1 N–H and O–H groups in total. The van der Waals surface area contributed by atoms with Gasteiger partial charge in [-0.3, -0.25) is 0 Å². The van der Waals surface area contributed by atoms with Crippen LogP contribution in [0.15, 0.2) is 54.9 Å². The molecular formula is C28H32F2N2O2. The van der Waals surface area contributed by atoms with Crippen LogP contribution in [-0.4, -0.2) is 27.8 Å². The van der Waals surface area contributed by atoms with Crippen molar-refractivity contribution in [2.24, 2.45) is 0 Å². The van der Waals surface area contributed by atoms with E-state index in [1.165, 1.54) is 18.9 Å². The van der Waals surface area contributed by atoms with Crippen molar-refractivity contribution in [2.45, 2.75) is 58.5 Å². The van der Waals surface area contributed by atoms with Crippen LogP contribution in [0.2, 0.25) is 0 Å². The van der Waals surface area contributed by atoms with E-state index in [0.717, 1.165) is 55.0 Å². The lowest BCUT2D eigenvalue weighted by molar-refractivity contribution is 0.0566. The lowest BCUT2D eigenvalue weighted by Gasteiger charge is -2.12. The number of hydrogen-bond donors (Lipinski definition) is 1. The van der Waals surface area contributed by atoms with Crippen LogP contribution in [0, 0.1) is 11.6 Å². The molecule has 0 fully saturated rings. The third-order valence-corrected chi connectivity index (χ3v) is 5.64. The number of aromatic nitrogens is 2. The van der Waals surface area contributed by atoms with E-state index in [2.05, 4.69) is 36.0 Å². The maximum atomic E-state index is 14.1. The molecule has 0 aliphatic rings. The summed E-state index contributed by atoms with van der Waals surface area (Å²) in [5.41, 5.74) is 2.70. The molecule has 1 atom stereocenters. The van der Waals surface area contributed by atoms with Crippen LogP contribution >= 0.6 is 0 Å². The topological polar surface area (TPSA) is 55.2 Å². The zero-order chi connectivity index (χ0) is 24.3. The molecule has 3 aromatic rings. The molecule has 1 unspecified atom stereocenters. The number of ether oxygens (including phenoxy) is 1. The Labute approximate surface area is 200 Å². The molecular weight excluding hydrogens is 434 g/mol. The second kappa shape index (κ2) is 12.9. The number of aromatic hydroxyl groups is 1. The number of hydrogen-bond acceptors (Lipinski definition) is 4. The minimum absolute atomic E-state index is 0.0559. The Balaban J connectivity index is 1.50. The lowest BCUT2D eigenvalue weighted by atomic mass is 10.1. The van der Waals surface area contributed by atoms with Crippen molar-refractivity contribution in [3.63, 3.8) is 0 Å². The van der Waals surface area contributed by atoms with Gasteiger partial charge in [0.15, 0.2) is 17.4 Å². The van der Waals surface area contributed by atoms with E-state index in [1.54, 1.807) is 12.4 Å². The summed E-state index contributed by atoms with van der Waals surface area (Å²) in [6.07, 6.45) is 14.5. The van der Waals surface area contributed by atoms with E-state index < -0.39 is 17.4 Å². The van der Waals surface area contributed by atoms with E-state index in [9.17, 15) is 13.9 Å². The van der Waals surface area contributed by atoms with E-state index >= 15 is 0 Å². The first kappa shape index (κ1) is 25.5. The highest BCUT2D eigenvalue weighted by atomic mass is 19.2. The second-order valence-corrected chi connectivity index (χ2v) is 8.40. The third-order valence-electron chi connectivity index (χ3n) is 5.64. The van der Waals surface area contributed by atoms with Gasteiger partial charge in [-0.15, -0.1) is 0 Å². The van der Waals surface area contributed by atoms with Crippen molar-refractivity contribution in [1.29, 1.82) is 0 Å². The van der Waals surface area contributed by atoms with Gasteiger partial charge in [0.1, 0.15) is 0 Å². The molecule has 0 saturated carbocycles. The molecule has 4 nitrogen and oxygen atoms in total. The molecule has 2 aromatic carbocycles. The van der Waals surface area contributed by atoms with Gasteiger partial charge >= 0.3 is 0 Å². The lowest BCUT2D eigenvalue weighted by Crippen LogP contribution is -2.08. The maximum absolute atomic E-state index is 14.1. The molecule has 6 heteroatoms. The zero-order valence-corrected chi connectivity index (χ0v) is 19.8. The minimum Gasteiger partial charge on any atom is -0.505 e. The fourth-order valence-corrected chi connectivity index (χ4v) is 3.58. The van der Waals surface area contributed by atoms with Crippen molar-refractivity contribution in [1.82, 2.24) is 9.97 Å². The normalized spacial score (nSPS) is 12.4. The van der Waals surface area contributed by atoms with Crippen LogP contribution in [0.3, 0.4) is 0 Å². The predicted octanol–water partition coefficient (Wildman–Crippen LogP) is 7.57. The molecule has 0 saturated heterocycles. The maximum Gasteiger partial charge on any atom is 0.201 e. The van der Waals surface area contributed by atoms with Crippen molar-refractivity contribution in [3.05, 3.63) is 72.1 Å². The van der Waals surface area contributed by atoms with E-state index in [0.29, 0.717) is 6.10 Å². The molecule has 3 rings (SSSR count). The Morgan fingerprint density at radius 1 is 0.941 bits per heavy atom. The molecule has 0 aliphatic carbocycles. The van der Waals surface area contributed by atoms with Crippen molar-refractivity contribution in [2.75, 3.05) is 6.61 Å². The van der Waals surface area contributed by atoms with Gasteiger partial charge in [0.05, 0.1) is 11.7 Å². The molecule has 0 spiro atoms. The fraction of sp³-hybridized carbons (Fsp3) is 0.357. The van der Waals surface area contributed by atoms with Gasteiger partial charge in [-0.1, -0.05) is 56.2 Å². The Morgan fingerprint density at radius 3 is 2.38 bits per heavy atom. The smallest absolute Gasteiger partial charge is 0.201 e. The first-order chi connectivity index (χ1) is 16.5. The molecule has 180 valence electrons. The van der Waals surface area contributed by atoms with Gasteiger partial charge in [0, 0.05) is 24.6 Å². The van der Waals surface area contributed by atoms with E-state index in [1.807, 2.05) is 24.3 Å². The summed E-state index contributed by atoms with van der Waals surface area (Å²) >= 11 is 0. The summed E-state index contributed by atoms with van der Waals surface area (Å²) in [5.74, 6) is -3.16. The van der Waals surface area contributed by atoms with Gasteiger partial charge in [-0.05, 0) is 55.9 Å². The standard InChI is InChI=1S/C28H32F2N2O2/c1-3-4-8-17-34-20(2)9-6-5-7-10-21-11-13-22(14-12-21)23-18-31-28(32-19-23)24-15-16-25(33)27(30)26(24)29/h7,10-16,18-20,33H,3-6,8-9,17H2,1-2H3/b10-7+. The number of rotatable bonds is 12. The number of nitrogens with zero attached hydrogens (tertiary/aromatic N) is 2. The minimum atomic E-state index is -1.31. The van der Waals surface area contributed by atoms with Gasteiger partial charge in [0.2, 0.25) is 5.82 Å². The van der Waals surface area contributed by atoms with Crippen LogP contribution in [-0.2, 0) is 4.74 Å². The van der Waals surface area contributed by atoms with Crippen LogP contribution in [0.4, 0.5) is 8.78 Å². The third kappa shape index (κ3) is 7.19. The van der Waals surface area contributed by atoms with Gasteiger partial charge in [-0.2, -0.15) is 4.39 Å². The highest BCUT2D eigenvalue weighted by Crippen LogP contribution is 2.28. The number of benzene rings is 2. The predicted molar refractivity (Wildman–Crippen MR) is 132 cm³/mol. The van der Waals surface area contributed by atoms with E-state index in [4.69, 9.17) is 4.74 Å². The number of unbranched alkanes of at least 4 members (excludes halogenated alkanes) is 3. The first-order valence-corrected chi connectivity index (χ1v) is 11.9. The summed E-state index contributed by atoms with van der Waals surface area (Å²) in [7, 11) is 0. The van der Waals surface area contributed by atoms with Crippen molar-refractivity contribution >= 4 is 6.08 Å². The van der Waals surface area contributed by atoms with Gasteiger partial charge in [-0.25, -0.2) is 14.4 Å².